The maximum atomic E-state index is 13.2. The monoisotopic (exact) mass is 441 g/mol. The van der Waals surface area contributed by atoms with Crippen molar-refractivity contribution < 1.29 is 9.53 Å². The van der Waals surface area contributed by atoms with Gasteiger partial charge in [-0.15, -0.1) is 11.3 Å². The predicted octanol–water partition coefficient (Wildman–Crippen LogP) is 5.46. The standard InChI is InChI=1S/C23H24ClN3O2S/c24-18-5-7-20(8-6-18)29-15-22-26-19(16-30-22)14-23(28)27-13-3-1-2-4-21(27)17-9-11-25-12-10-17/h5-12,16,21H,1-4,13-15H2. The van der Waals surface area contributed by atoms with E-state index in [2.05, 4.69) is 9.97 Å². The third-order valence-corrected chi connectivity index (χ3v) is 6.39. The average molecular weight is 442 g/mol. The third-order valence-electron chi connectivity index (χ3n) is 5.27. The van der Waals surface area contributed by atoms with Crippen LogP contribution in [0.2, 0.25) is 5.02 Å². The Balaban J connectivity index is 1.39. The maximum absolute atomic E-state index is 13.2. The molecule has 5 nitrogen and oxygen atoms in total. The highest BCUT2D eigenvalue weighted by atomic mass is 35.5. The van der Waals surface area contributed by atoms with Crippen LogP contribution < -0.4 is 4.74 Å². The van der Waals surface area contributed by atoms with Gasteiger partial charge in [-0.2, -0.15) is 0 Å². The number of hydrogen-bond acceptors (Lipinski definition) is 5. The van der Waals surface area contributed by atoms with Crippen LogP contribution in [0.5, 0.6) is 5.75 Å². The van der Waals surface area contributed by atoms with E-state index in [9.17, 15) is 4.79 Å². The molecule has 1 aromatic carbocycles. The number of aromatic nitrogens is 2. The smallest absolute Gasteiger partial charge is 0.229 e. The van der Waals surface area contributed by atoms with E-state index < -0.39 is 0 Å². The summed E-state index contributed by atoms with van der Waals surface area (Å²) in [6.45, 7) is 1.17. The fourth-order valence-corrected chi connectivity index (χ4v) is 4.60. The lowest BCUT2D eigenvalue weighted by Crippen LogP contribution is -2.36. The Kier molecular flexibility index (Phi) is 6.97. The first kappa shape index (κ1) is 20.8. The minimum atomic E-state index is 0.120. The number of halogens is 1. The van der Waals surface area contributed by atoms with Crippen molar-refractivity contribution in [2.45, 2.75) is 44.8 Å². The van der Waals surface area contributed by atoms with Crippen LogP contribution in [-0.4, -0.2) is 27.3 Å². The van der Waals surface area contributed by atoms with Gasteiger partial charge < -0.3 is 9.64 Å². The molecule has 1 unspecified atom stereocenters. The Hall–Kier alpha value is -2.44. The summed E-state index contributed by atoms with van der Waals surface area (Å²) in [5, 5.41) is 3.49. The second-order valence-corrected chi connectivity index (χ2v) is 8.76. The van der Waals surface area contributed by atoms with Gasteiger partial charge in [0.25, 0.3) is 0 Å². The molecule has 0 aliphatic carbocycles. The zero-order chi connectivity index (χ0) is 20.8. The van der Waals surface area contributed by atoms with Gasteiger partial charge in [-0.05, 0) is 54.8 Å². The Morgan fingerprint density at radius 3 is 2.73 bits per heavy atom. The Bertz CT molecular complexity index is 962. The van der Waals surface area contributed by atoms with Gasteiger partial charge in [-0.1, -0.05) is 24.4 Å². The summed E-state index contributed by atoms with van der Waals surface area (Å²) in [7, 11) is 0. The van der Waals surface area contributed by atoms with Crippen molar-refractivity contribution in [1.29, 1.82) is 0 Å². The summed E-state index contributed by atoms with van der Waals surface area (Å²) in [5.41, 5.74) is 1.97. The highest BCUT2D eigenvalue weighted by molar-refractivity contribution is 7.09. The van der Waals surface area contributed by atoms with Crippen LogP contribution in [0.1, 0.15) is 48.0 Å². The SMILES string of the molecule is O=C(Cc1csc(COc2ccc(Cl)cc2)n1)N1CCCCCC1c1ccncc1. The molecule has 0 spiro atoms. The van der Waals surface area contributed by atoms with E-state index in [1.54, 1.807) is 24.5 Å². The summed E-state index contributed by atoms with van der Waals surface area (Å²) in [6.07, 6.45) is 8.26. The molecule has 4 rings (SSSR count). The van der Waals surface area contributed by atoms with E-state index in [0.717, 1.165) is 54.2 Å². The zero-order valence-corrected chi connectivity index (χ0v) is 18.2. The summed E-state index contributed by atoms with van der Waals surface area (Å²) in [5.74, 6) is 0.881. The Morgan fingerprint density at radius 2 is 1.93 bits per heavy atom. The van der Waals surface area contributed by atoms with Crippen molar-refractivity contribution in [1.82, 2.24) is 14.9 Å². The highest BCUT2D eigenvalue weighted by Gasteiger charge is 2.27. The molecule has 3 heterocycles. The summed E-state index contributed by atoms with van der Waals surface area (Å²) < 4.78 is 5.76. The van der Waals surface area contributed by atoms with Crippen molar-refractivity contribution in [3.8, 4) is 5.75 Å². The van der Waals surface area contributed by atoms with Crippen LogP contribution in [0.4, 0.5) is 0 Å². The van der Waals surface area contributed by atoms with Gasteiger partial charge in [0.05, 0.1) is 18.2 Å². The molecule has 156 valence electrons. The first-order valence-corrected chi connectivity index (χ1v) is 11.5. The number of carbonyl (C=O) groups excluding carboxylic acids is 1. The number of thiazole rings is 1. The molecule has 1 aliphatic rings. The predicted molar refractivity (Wildman–Crippen MR) is 119 cm³/mol. The minimum Gasteiger partial charge on any atom is -0.486 e. The van der Waals surface area contributed by atoms with Crippen molar-refractivity contribution in [3.05, 3.63) is 75.5 Å². The molecule has 1 fully saturated rings. The van der Waals surface area contributed by atoms with Gasteiger partial charge >= 0.3 is 0 Å². The molecular weight excluding hydrogens is 418 g/mol. The van der Waals surface area contributed by atoms with Crippen molar-refractivity contribution in [2.24, 2.45) is 0 Å². The number of pyridine rings is 1. The number of nitrogens with zero attached hydrogens (tertiary/aromatic N) is 3. The van der Waals surface area contributed by atoms with E-state index in [4.69, 9.17) is 16.3 Å². The molecule has 1 aliphatic heterocycles. The first-order chi connectivity index (χ1) is 14.7. The third kappa shape index (κ3) is 5.37. The molecule has 1 amide bonds. The Morgan fingerprint density at radius 1 is 1.13 bits per heavy atom. The zero-order valence-electron chi connectivity index (χ0n) is 16.7. The molecule has 7 heteroatoms. The van der Waals surface area contributed by atoms with E-state index in [-0.39, 0.29) is 11.9 Å². The summed E-state index contributed by atoms with van der Waals surface area (Å²) in [6, 6.07) is 11.4. The van der Waals surface area contributed by atoms with Crippen molar-refractivity contribution in [3.63, 3.8) is 0 Å². The van der Waals surface area contributed by atoms with Crippen LogP contribution in [0, 0.1) is 0 Å². The molecule has 1 atom stereocenters. The van der Waals surface area contributed by atoms with Crippen LogP contribution in [0.3, 0.4) is 0 Å². The minimum absolute atomic E-state index is 0.120. The van der Waals surface area contributed by atoms with Gasteiger partial charge in [0, 0.05) is 29.3 Å². The Labute approximate surface area is 185 Å². The highest BCUT2D eigenvalue weighted by Crippen LogP contribution is 2.30. The number of hydrogen-bond donors (Lipinski definition) is 0. The molecule has 0 N–H and O–H groups in total. The van der Waals surface area contributed by atoms with Gasteiger partial charge in [0.1, 0.15) is 17.4 Å². The average Bonchev–Trinajstić information content (AvgIpc) is 3.06. The molecule has 3 aromatic rings. The van der Waals surface area contributed by atoms with Crippen molar-refractivity contribution in [2.75, 3.05) is 6.54 Å². The van der Waals surface area contributed by atoms with Crippen LogP contribution in [-0.2, 0) is 17.8 Å². The molecule has 0 saturated carbocycles. The van der Waals surface area contributed by atoms with E-state index in [1.165, 1.54) is 11.3 Å². The maximum Gasteiger partial charge on any atom is 0.229 e. The lowest BCUT2D eigenvalue weighted by molar-refractivity contribution is -0.133. The fourth-order valence-electron chi connectivity index (χ4n) is 3.77. The molecule has 0 bridgehead atoms. The normalized spacial score (nSPS) is 16.8. The number of likely N-dealkylation sites (tertiary alicyclic amines) is 1. The van der Waals surface area contributed by atoms with E-state index in [0.29, 0.717) is 18.1 Å². The number of amides is 1. The number of rotatable bonds is 6. The van der Waals surface area contributed by atoms with Crippen LogP contribution >= 0.6 is 22.9 Å². The lowest BCUT2D eigenvalue weighted by atomic mass is 10.0. The lowest BCUT2D eigenvalue weighted by Gasteiger charge is -2.30. The molecule has 0 radical (unpaired) electrons. The van der Waals surface area contributed by atoms with E-state index >= 15 is 0 Å². The van der Waals surface area contributed by atoms with Gasteiger partial charge in [-0.3, -0.25) is 9.78 Å². The summed E-state index contributed by atoms with van der Waals surface area (Å²) >= 11 is 7.42. The second kappa shape index (κ2) is 10.0. The van der Waals surface area contributed by atoms with Crippen molar-refractivity contribution >= 4 is 28.8 Å². The number of ether oxygens (including phenoxy) is 1. The van der Waals surface area contributed by atoms with Gasteiger partial charge in [-0.25, -0.2) is 4.98 Å². The molecule has 1 saturated heterocycles. The largest absolute Gasteiger partial charge is 0.486 e. The van der Waals surface area contributed by atoms with E-state index in [1.807, 2.05) is 34.5 Å². The van der Waals surface area contributed by atoms with Crippen LogP contribution in [0.25, 0.3) is 0 Å². The molecular formula is C23H24ClN3O2S. The second-order valence-electron chi connectivity index (χ2n) is 7.38. The quantitative estimate of drug-likeness (QED) is 0.509. The van der Waals surface area contributed by atoms with Gasteiger partial charge in [0.2, 0.25) is 5.91 Å². The van der Waals surface area contributed by atoms with Crippen LogP contribution in [0.15, 0.2) is 54.2 Å². The summed E-state index contributed by atoms with van der Waals surface area (Å²) in [4.78, 5) is 23.9. The van der Waals surface area contributed by atoms with Gasteiger partial charge in [0.15, 0.2) is 0 Å². The molecule has 2 aromatic heterocycles. The molecule has 30 heavy (non-hydrogen) atoms. The number of carbonyl (C=O) groups is 1. The first-order valence-electron chi connectivity index (χ1n) is 10.2. The topological polar surface area (TPSA) is 55.3 Å². The number of benzene rings is 1. The fraction of sp³-hybridized carbons (Fsp3) is 0.348.